The second-order valence-electron chi connectivity index (χ2n) is 7.33. The Morgan fingerprint density at radius 2 is 1.81 bits per heavy atom. The van der Waals surface area contributed by atoms with E-state index in [4.69, 9.17) is 27.9 Å². The lowest BCUT2D eigenvalue weighted by Crippen LogP contribution is -2.21. The van der Waals surface area contributed by atoms with Gasteiger partial charge in [-0.1, -0.05) is 44.0 Å². The second kappa shape index (κ2) is 8.72. The van der Waals surface area contributed by atoms with Gasteiger partial charge in [0.25, 0.3) is 5.56 Å². The van der Waals surface area contributed by atoms with E-state index >= 15 is 0 Å². The first kappa shape index (κ1) is 23.4. The number of H-pyrrole nitrogens is 1. The zero-order chi connectivity index (χ0) is 23.0. The predicted octanol–water partition coefficient (Wildman–Crippen LogP) is 6.84. The van der Waals surface area contributed by atoms with Crippen molar-refractivity contribution in [3.05, 3.63) is 62.6 Å². The fourth-order valence-corrected chi connectivity index (χ4v) is 3.84. The summed E-state index contributed by atoms with van der Waals surface area (Å²) in [6.45, 7) is 5.83. The van der Waals surface area contributed by atoms with Crippen LogP contribution in [0.5, 0.6) is 11.5 Å². The summed E-state index contributed by atoms with van der Waals surface area (Å²) >= 11 is 13.1. The molecule has 0 fully saturated rings. The monoisotopic (exact) mass is 489 g/mol. The molecule has 1 N–H and O–H groups in total. The Morgan fingerprint density at radius 3 is 2.42 bits per heavy atom. The lowest BCUT2D eigenvalue weighted by molar-refractivity contribution is -0.142. The number of aromatic amines is 1. The summed E-state index contributed by atoms with van der Waals surface area (Å²) in [4.78, 5) is 23.3. The quantitative estimate of drug-likeness (QED) is 0.406. The van der Waals surface area contributed by atoms with E-state index in [2.05, 4.69) is 15.0 Å². The van der Waals surface area contributed by atoms with Crippen LogP contribution in [0, 0.1) is 0 Å². The molecule has 0 aliphatic rings. The molecule has 2 heterocycles. The van der Waals surface area contributed by atoms with E-state index in [1.54, 1.807) is 12.1 Å². The number of thioether (sulfide) groups is 1. The third-order valence-corrected chi connectivity index (χ3v) is 5.57. The van der Waals surface area contributed by atoms with E-state index in [0.717, 1.165) is 0 Å². The van der Waals surface area contributed by atoms with Crippen molar-refractivity contribution in [2.75, 3.05) is 0 Å². The van der Waals surface area contributed by atoms with Gasteiger partial charge in [-0.25, -0.2) is 4.98 Å². The van der Waals surface area contributed by atoms with E-state index in [-0.39, 0.29) is 32.1 Å². The smallest absolute Gasteiger partial charge is 0.437 e. The summed E-state index contributed by atoms with van der Waals surface area (Å²) in [5.41, 5.74) is -2.46. The number of benzene rings is 1. The molecule has 3 rings (SSSR count). The molecule has 1 aromatic carbocycles. The van der Waals surface area contributed by atoms with E-state index in [1.807, 2.05) is 20.8 Å². The van der Waals surface area contributed by atoms with Gasteiger partial charge in [-0.15, -0.1) is 11.8 Å². The average Bonchev–Trinajstić information content (AvgIpc) is 2.64. The Bertz CT molecular complexity index is 1180. The standard InChI is InChI=1S/C20H16Cl2F3N3O2S/c1-19(2,3)31-13-5-4-8-26-14(13)17-27-16(20(23,24)25)15(18(29)28-17)30-10-6-7-11(21)12(22)9-10/h4-9H,1-3H3,(H,27,28,29). The summed E-state index contributed by atoms with van der Waals surface area (Å²) in [5, 5.41) is 0.248. The number of rotatable bonds is 4. The number of hydrogen-bond acceptors (Lipinski definition) is 5. The van der Waals surface area contributed by atoms with Gasteiger partial charge in [0.15, 0.2) is 11.5 Å². The first-order valence-corrected chi connectivity index (χ1v) is 10.4. The minimum absolute atomic E-state index is 0.0612. The van der Waals surface area contributed by atoms with Gasteiger partial charge in [0, 0.05) is 21.9 Å². The molecule has 0 atom stereocenters. The summed E-state index contributed by atoms with van der Waals surface area (Å²) in [5.74, 6) is -1.41. The number of aromatic nitrogens is 3. The van der Waals surface area contributed by atoms with Crippen LogP contribution in [0.4, 0.5) is 13.2 Å². The number of nitrogens with zero attached hydrogens (tertiary/aromatic N) is 2. The van der Waals surface area contributed by atoms with Gasteiger partial charge in [-0.3, -0.25) is 9.78 Å². The Labute approximate surface area is 190 Å². The van der Waals surface area contributed by atoms with Crippen LogP contribution in [-0.2, 0) is 6.18 Å². The number of ether oxygens (including phenoxy) is 1. The number of halogens is 5. The van der Waals surface area contributed by atoms with Crippen LogP contribution >= 0.6 is 35.0 Å². The van der Waals surface area contributed by atoms with Crippen molar-refractivity contribution in [1.29, 1.82) is 0 Å². The normalized spacial score (nSPS) is 12.1. The van der Waals surface area contributed by atoms with Crippen LogP contribution in [0.15, 0.2) is 46.2 Å². The van der Waals surface area contributed by atoms with Crippen LogP contribution in [0.3, 0.4) is 0 Å². The maximum atomic E-state index is 13.8. The molecule has 0 saturated heterocycles. The molecule has 31 heavy (non-hydrogen) atoms. The van der Waals surface area contributed by atoms with Gasteiger partial charge >= 0.3 is 6.18 Å². The molecule has 3 aromatic rings. The molecule has 0 saturated carbocycles. The third-order valence-electron chi connectivity index (χ3n) is 3.67. The van der Waals surface area contributed by atoms with Crippen molar-refractivity contribution in [3.63, 3.8) is 0 Å². The zero-order valence-corrected chi connectivity index (χ0v) is 18.8. The Kier molecular flexibility index (Phi) is 6.59. The van der Waals surface area contributed by atoms with Crippen molar-refractivity contribution < 1.29 is 17.9 Å². The van der Waals surface area contributed by atoms with Crippen molar-refractivity contribution in [2.45, 2.75) is 36.6 Å². The lowest BCUT2D eigenvalue weighted by Gasteiger charge is -2.19. The highest BCUT2D eigenvalue weighted by molar-refractivity contribution is 8.00. The summed E-state index contributed by atoms with van der Waals surface area (Å²) < 4.78 is 46.3. The topological polar surface area (TPSA) is 67.9 Å². The van der Waals surface area contributed by atoms with Gasteiger partial charge in [-0.2, -0.15) is 13.2 Å². The fraction of sp³-hybridized carbons (Fsp3) is 0.250. The van der Waals surface area contributed by atoms with Gasteiger partial charge in [0.1, 0.15) is 11.4 Å². The molecule has 0 radical (unpaired) electrons. The van der Waals surface area contributed by atoms with Crippen LogP contribution in [0.1, 0.15) is 26.5 Å². The first-order chi connectivity index (χ1) is 14.3. The highest BCUT2D eigenvalue weighted by Gasteiger charge is 2.39. The van der Waals surface area contributed by atoms with Crippen molar-refractivity contribution in [2.24, 2.45) is 0 Å². The lowest BCUT2D eigenvalue weighted by atomic mass is 10.2. The average molecular weight is 490 g/mol. The van der Waals surface area contributed by atoms with Gasteiger partial charge in [-0.05, 0) is 24.3 Å². The van der Waals surface area contributed by atoms with Gasteiger partial charge in [0.2, 0.25) is 5.75 Å². The largest absolute Gasteiger partial charge is 0.449 e. The molecule has 164 valence electrons. The summed E-state index contributed by atoms with van der Waals surface area (Å²) in [6.07, 6.45) is -3.55. The second-order valence-corrected chi connectivity index (χ2v) is 10.0. The minimum atomic E-state index is -4.96. The maximum Gasteiger partial charge on any atom is 0.437 e. The Hall–Kier alpha value is -2.23. The molecule has 0 aliphatic heterocycles. The van der Waals surface area contributed by atoms with Gasteiger partial charge in [0.05, 0.1) is 10.0 Å². The van der Waals surface area contributed by atoms with Crippen LogP contribution < -0.4 is 10.3 Å². The third kappa shape index (κ3) is 5.72. The van der Waals surface area contributed by atoms with E-state index in [9.17, 15) is 18.0 Å². The minimum Gasteiger partial charge on any atom is -0.449 e. The molecule has 2 aromatic heterocycles. The van der Waals surface area contributed by atoms with E-state index < -0.39 is 23.2 Å². The predicted molar refractivity (Wildman–Crippen MR) is 115 cm³/mol. The summed E-state index contributed by atoms with van der Waals surface area (Å²) in [6, 6.07) is 7.19. The number of alkyl halides is 3. The highest BCUT2D eigenvalue weighted by Crippen LogP contribution is 2.39. The zero-order valence-electron chi connectivity index (χ0n) is 16.5. The maximum absolute atomic E-state index is 13.8. The van der Waals surface area contributed by atoms with Crippen LogP contribution in [-0.4, -0.2) is 19.7 Å². The number of pyridine rings is 1. The van der Waals surface area contributed by atoms with Crippen LogP contribution in [0.25, 0.3) is 11.5 Å². The van der Waals surface area contributed by atoms with E-state index in [0.29, 0.717) is 4.90 Å². The summed E-state index contributed by atoms with van der Waals surface area (Å²) in [7, 11) is 0. The van der Waals surface area contributed by atoms with Crippen molar-refractivity contribution in [1.82, 2.24) is 15.0 Å². The Morgan fingerprint density at radius 1 is 1.10 bits per heavy atom. The highest BCUT2D eigenvalue weighted by atomic mass is 35.5. The molecule has 0 bridgehead atoms. The SMILES string of the molecule is CC(C)(C)Sc1cccnc1-c1nc(C(F)(F)F)c(Oc2ccc(Cl)c(Cl)c2)c(=O)[nH]1. The number of nitrogens with one attached hydrogen (secondary N) is 1. The van der Waals surface area contributed by atoms with Gasteiger partial charge < -0.3 is 9.72 Å². The molecular weight excluding hydrogens is 474 g/mol. The molecular formula is C20H16Cl2F3N3O2S. The van der Waals surface area contributed by atoms with Crippen molar-refractivity contribution >= 4 is 35.0 Å². The molecule has 0 aliphatic carbocycles. The molecule has 5 nitrogen and oxygen atoms in total. The van der Waals surface area contributed by atoms with E-state index in [1.165, 1.54) is 36.2 Å². The first-order valence-electron chi connectivity index (χ1n) is 8.84. The molecule has 11 heteroatoms. The molecule has 0 amide bonds. The number of hydrogen-bond donors (Lipinski definition) is 1. The van der Waals surface area contributed by atoms with Crippen molar-refractivity contribution in [3.8, 4) is 23.0 Å². The molecule has 0 unspecified atom stereocenters. The molecule has 0 spiro atoms. The van der Waals surface area contributed by atoms with Crippen LogP contribution in [0.2, 0.25) is 10.0 Å². The fourth-order valence-electron chi connectivity index (χ4n) is 2.50. The Balaban J connectivity index is 2.14.